The van der Waals surface area contributed by atoms with Gasteiger partial charge in [-0.05, 0) is 38.4 Å². The van der Waals surface area contributed by atoms with E-state index >= 15 is 0 Å². The molecule has 0 radical (unpaired) electrons. The van der Waals surface area contributed by atoms with E-state index in [0.717, 1.165) is 24.4 Å². The number of rotatable bonds is 3. The SMILES string of the molecule is Cc1cccc(CC2(C(=O)O)CCCN2)n1. The minimum atomic E-state index is -0.805. The van der Waals surface area contributed by atoms with Crippen molar-refractivity contribution in [3.63, 3.8) is 0 Å². The van der Waals surface area contributed by atoms with Crippen LogP contribution < -0.4 is 5.32 Å². The van der Waals surface area contributed by atoms with Crippen LogP contribution >= 0.6 is 0 Å². The summed E-state index contributed by atoms with van der Waals surface area (Å²) in [5.41, 5.74) is 0.966. The van der Waals surface area contributed by atoms with E-state index < -0.39 is 11.5 Å². The number of carboxylic acid groups (broad SMARTS) is 1. The van der Waals surface area contributed by atoms with Crippen LogP contribution in [0.3, 0.4) is 0 Å². The van der Waals surface area contributed by atoms with Crippen LogP contribution in [0, 0.1) is 6.92 Å². The normalized spacial score (nSPS) is 24.6. The van der Waals surface area contributed by atoms with Crippen molar-refractivity contribution in [2.24, 2.45) is 0 Å². The van der Waals surface area contributed by atoms with E-state index in [9.17, 15) is 9.90 Å². The summed E-state index contributed by atoms with van der Waals surface area (Å²) < 4.78 is 0. The number of nitrogens with zero attached hydrogens (tertiary/aromatic N) is 1. The second-order valence-electron chi connectivity index (χ2n) is 4.36. The Hall–Kier alpha value is -1.42. The molecule has 0 spiro atoms. The van der Waals surface area contributed by atoms with Crippen LogP contribution in [0.5, 0.6) is 0 Å². The van der Waals surface area contributed by atoms with Gasteiger partial charge >= 0.3 is 5.97 Å². The standard InChI is InChI=1S/C12H16N2O2/c1-9-4-2-5-10(14-9)8-12(11(15)16)6-3-7-13-12/h2,4-5,13H,3,6-8H2,1H3,(H,15,16). The molecule has 2 N–H and O–H groups in total. The van der Waals surface area contributed by atoms with Gasteiger partial charge in [0.1, 0.15) is 5.54 Å². The van der Waals surface area contributed by atoms with E-state index in [-0.39, 0.29) is 0 Å². The van der Waals surface area contributed by atoms with Crippen molar-refractivity contribution in [3.05, 3.63) is 29.6 Å². The molecule has 0 bridgehead atoms. The highest BCUT2D eigenvalue weighted by molar-refractivity contribution is 5.79. The first-order chi connectivity index (χ1) is 7.62. The van der Waals surface area contributed by atoms with E-state index in [0.29, 0.717) is 12.8 Å². The van der Waals surface area contributed by atoms with Crippen molar-refractivity contribution in [2.75, 3.05) is 6.54 Å². The van der Waals surface area contributed by atoms with Crippen LogP contribution in [0.2, 0.25) is 0 Å². The molecule has 4 nitrogen and oxygen atoms in total. The fourth-order valence-electron chi connectivity index (χ4n) is 2.22. The summed E-state index contributed by atoms with van der Waals surface area (Å²) in [7, 11) is 0. The van der Waals surface area contributed by atoms with Gasteiger partial charge in [0.05, 0.1) is 0 Å². The van der Waals surface area contributed by atoms with Crippen molar-refractivity contribution >= 4 is 5.97 Å². The summed E-state index contributed by atoms with van der Waals surface area (Å²) in [6.07, 6.45) is 2.06. The van der Waals surface area contributed by atoms with Gasteiger partial charge in [-0.1, -0.05) is 6.07 Å². The first-order valence-corrected chi connectivity index (χ1v) is 5.53. The molecule has 1 aliphatic rings. The van der Waals surface area contributed by atoms with Crippen molar-refractivity contribution in [2.45, 2.75) is 31.7 Å². The molecule has 16 heavy (non-hydrogen) atoms. The lowest BCUT2D eigenvalue weighted by Gasteiger charge is -2.24. The van der Waals surface area contributed by atoms with Crippen LogP contribution in [-0.2, 0) is 11.2 Å². The van der Waals surface area contributed by atoms with Gasteiger partial charge in [-0.15, -0.1) is 0 Å². The number of nitrogens with one attached hydrogen (secondary N) is 1. The van der Waals surface area contributed by atoms with E-state index in [1.165, 1.54) is 0 Å². The number of hydrogen-bond donors (Lipinski definition) is 2. The monoisotopic (exact) mass is 220 g/mol. The molecule has 0 aromatic carbocycles. The molecule has 0 aliphatic carbocycles. The highest BCUT2D eigenvalue weighted by Gasteiger charge is 2.41. The third-order valence-corrected chi connectivity index (χ3v) is 3.08. The first kappa shape index (κ1) is 11.1. The fraction of sp³-hybridized carbons (Fsp3) is 0.500. The van der Waals surface area contributed by atoms with Gasteiger partial charge in [0.2, 0.25) is 0 Å². The van der Waals surface area contributed by atoms with Gasteiger partial charge in [0.25, 0.3) is 0 Å². The quantitative estimate of drug-likeness (QED) is 0.801. The summed E-state index contributed by atoms with van der Waals surface area (Å²) in [5.74, 6) is -0.770. The van der Waals surface area contributed by atoms with Crippen LogP contribution in [-0.4, -0.2) is 28.1 Å². The molecule has 0 saturated carbocycles. The molecule has 2 heterocycles. The Balaban J connectivity index is 2.21. The van der Waals surface area contributed by atoms with Crippen LogP contribution in [0.15, 0.2) is 18.2 Å². The zero-order valence-electron chi connectivity index (χ0n) is 9.36. The molecule has 1 saturated heterocycles. The Morgan fingerprint density at radius 1 is 1.62 bits per heavy atom. The third-order valence-electron chi connectivity index (χ3n) is 3.08. The Bertz CT molecular complexity index is 398. The Kier molecular flexibility index (Phi) is 2.92. The van der Waals surface area contributed by atoms with E-state index in [2.05, 4.69) is 10.3 Å². The fourth-order valence-corrected chi connectivity index (χ4v) is 2.22. The Morgan fingerprint density at radius 2 is 2.44 bits per heavy atom. The lowest BCUT2D eigenvalue weighted by atomic mass is 9.91. The van der Waals surface area contributed by atoms with E-state index in [4.69, 9.17) is 0 Å². The summed E-state index contributed by atoms with van der Waals surface area (Å²) in [4.78, 5) is 15.7. The maximum absolute atomic E-state index is 11.3. The molecule has 1 unspecified atom stereocenters. The largest absolute Gasteiger partial charge is 0.480 e. The minimum Gasteiger partial charge on any atom is -0.480 e. The second kappa shape index (κ2) is 4.22. The molecule has 4 heteroatoms. The lowest BCUT2D eigenvalue weighted by Crippen LogP contribution is -2.49. The average molecular weight is 220 g/mol. The van der Waals surface area contributed by atoms with E-state index in [1.807, 2.05) is 25.1 Å². The van der Waals surface area contributed by atoms with Crippen molar-refractivity contribution < 1.29 is 9.90 Å². The van der Waals surface area contributed by atoms with E-state index in [1.54, 1.807) is 0 Å². The maximum atomic E-state index is 11.3. The first-order valence-electron chi connectivity index (χ1n) is 5.53. The summed E-state index contributed by atoms with van der Waals surface area (Å²) in [6, 6.07) is 5.72. The molecule has 1 aromatic rings. The van der Waals surface area contributed by atoms with Gasteiger partial charge in [-0.25, -0.2) is 0 Å². The molecule has 86 valence electrons. The number of aryl methyl sites for hydroxylation is 1. The predicted octanol–water partition coefficient (Wildman–Crippen LogP) is 1.14. The van der Waals surface area contributed by atoms with Crippen LogP contribution in [0.4, 0.5) is 0 Å². The maximum Gasteiger partial charge on any atom is 0.324 e. The summed E-state index contributed by atoms with van der Waals surface area (Å²) in [6.45, 7) is 2.69. The smallest absolute Gasteiger partial charge is 0.324 e. The topological polar surface area (TPSA) is 62.2 Å². The molecule has 1 aromatic heterocycles. The zero-order chi connectivity index (χ0) is 11.6. The number of hydrogen-bond acceptors (Lipinski definition) is 3. The lowest BCUT2D eigenvalue weighted by molar-refractivity contribution is -0.144. The molecule has 1 fully saturated rings. The number of carbonyl (C=O) groups is 1. The van der Waals surface area contributed by atoms with Crippen molar-refractivity contribution in [1.82, 2.24) is 10.3 Å². The second-order valence-corrected chi connectivity index (χ2v) is 4.36. The molecular weight excluding hydrogens is 204 g/mol. The highest BCUT2D eigenvalue weighted by Crippen LogP contribution is 2.23. The highest BCUT2D eigenvalue weighted by atomic mass is 16.4. The molecule has 2 rings (SSSR count). The Labute approximate surface area is 94.7 Å². The minimum absolute atomic E-state index is 0.462. The van der Waals surface area contributed by atoms with Gasteiger partial charge < -0.3 is 10.4 Å². The van der Waals surface area contributed by atoms with Gasteiger partial charge in [-0.3, -0.25) is 9.78 Å². The van der Waals surface area contributed by atoms with Gasteiger partial charge in [0.15, 0.2) is 0 Å². The Morgan fingerprint density at radius 3 is 3.00 bits per heavy atom. The molecule has 1 aliphatic heterocycles. The number of pyridine rings is 1. The molecule has 0 amide bonds. The zero-order valence-corrected chi connectivity index (χ0v) is 9.36. The van der Waals surface area contributed by atoms with Crippen LogP contribution in [0.1, 0.15) is 24.2 Å². The molecular formula is C12H16N2O2. The van der Waals surface area contributed by atoms with Crippen molar-refractivity contribution in [1.29, 1.82) is 0 Å². The number of aliphatic carboxylic acids is 1. The number of carboxylic acids is 1. The van der Waals surface area contributed by atoms with Crippen molar-refractivity contribution in [3.8, 4) is 0 Å². The number of aromatic nitrogens is 1. The molecule has 1 atom stereocenters. The van der Waals surface area contributed by atoms with Crippen LogP contribution in [0.25, 0.3) is 0 Å². The summed E-state index contributed by atoms with van der Waals surface area (Å²) in [5, 5.41) is 12.4. The van der Waals surface area contributed by atoms with Gasteiger partial charge in [0, 0.05) is 17.8 Å². The summed E-state index contributed by atoms with van der Waals surface area (Å²) >= 11 is 0. The predicted molar refractivity (Wildman–Crippen MR) is 60.3 cm³/mol. The third kappa shape index (κ3) is 2.07. The average Bonchev–Trinajstić information content (AvgIpc) is 2.67. The van der Waals surface area contributed by atoms with Gasteiger partial charge in [-0.2, -0.15) is 0 Å².